The highest BCUT2D eigenvalue weighted by Crippen LogP contribution is 2.30. The monoisotopic (exact) mass is 333 g/mol. The largest absolute Gasteiger partial charge is 0.495 e. The highest BCUT2D eigenvalue weighted by atomic mass is 35.5. The Labute approximate surface area is 133 Å². The van der Waals surface area contributed by atoms with Gasteiger partial charge in [-0.25, -0.2) is 8.42 Å². The normalized spacial score (nSPS) is 12.4. The topological polar surface area (TPSA) is 46.6 Å². The minimum absolute atomic E-state index is 0.124. The summed E-state index contributed by atoms with van der Waals surface area (Å²) >= 11 is 5.96. The van der Waals surface area contributed by atoms with Crippen molar-refractivity contribution in [3.8, 4) is 5.75 Å². The molecule has 0 fully saturated rings. The van der Waals surface area contributed by atoms with Gasteiger partial charge in [0.1, 0.15) is 10.6 Å². The molecule has 0 aliphatic carbocycles. The highest BCUT2D eigenvalue weighted by Gasteiger charge is 2.29. The second kappa shape index (κ2) is 7.47. The zero-order valence-corrected chi connectivity index (χ0v) is 14.8. The summed E-state index contributed by atoms with van der Waals surface area (Å²) in [5.74, 6) is 0.796. The van der Waals surface area contributed by atoms with E-state index in [-0.39, 0.29) is 16.7 Å². The second-order valence-electron chi connectivity index (χ2n) is 5.90. The lowest BCUT2D eigenvalue weighted by molar-refractivity contribution is 0.330. The van der Waals surface area contributed by atoms with Crippen LogP contribution in [0.5, 0.6) is 5.75 Å². The molecule has 0 N–H and O–H groups in total. The molecule has 0 bridgehead atoms. The van der Waals surface area contributed by atoms with Gasteiger partial charge in [-0.3, -0.25) is 0 Å². The Morgan fingerprint density at radius 3 is 2.10 bits per heavy atom. The maximum atomic E-state index is 12.9. The number of methoxy groups -OCH3 is 1. The highest BCUT2D eigenvalue weighted by molar-refractivity contribution is 7.89. The molecule has 0 heterocycles. The Bertz CT molecular complexity index is 560. The van der Waals surface area contributed by atoms with Crippen LogP contribution in [0.25, 0.3) is 0 Å². The molecular formula is C15H24ClNO3S. The van der Waals surface area contributed by atoms with Crippen LogP contribution in [0.1, 0.15) is 27.7 Å². The van der Waals surface area contributed by atoms with Gasteiger partial charge in [-0.2, -0.15) is 4.31 Å². The molecule has 0 spiro atoms. The first-order valence-corrected chi connectivity index (χ1v) is 8.84. The standard InChI is InChI=1S/C15H24ClNO3S/c1-11(2)9-17(10-12(3)4)21(18,19)15-8-13(16)6-7-14(15)20-5/h6-8,11-12H,9-10H2,1-5H3. The third-order valence-corrected chi connectivity index (χ3v) is 4.97. The molecule has 1 aromatic rings. The fraction of sp³-hybridized carbons (Fsp3) is 0.600. The average Bonchev–Trinajstić information content (AvgIpc) is 2.36. The minimum atomic E-state index is -3.63. The molecule has 4 nitrogen and oxygen atoms in total. The van der Waals surface area contributed by atoms with E-state index in [9.17, 15) is 8.42 Å². The van der Waals surface area contributed by atoms with Gasteiger partial charge in [0.15, 0.2) is 0 Å². The van der Waals surface area contributed by atoms with Crippen LogP contribution in [0.4, 0.5) is 0 Å². The van der Waals surface area contributed by atoms with Crippen molar-refractivity contribution < 1.29 is 13.2 Å². The van der Waals surface area contributed by atoms with Crippen molar-refractivity contribution in [2.45, 2.75) is 32.6 Å². The maximum Gasteiger partial charge on any atom is 0.246 e. The molecule has 1 rings (SSSR count). The molecule has 120 valence electrons. The first-order chi connectivity index (χ1) is 9.68. The van der Waals surface area contributed by atoms with Crippen LogP contribution >= 0.6 is 11.6 Å². The number of hydrogen-bond acceptors (Lipinski definition) is 3. The van der Waals surface area contributed by atoms with Gasteiger partial charge >= 0.3 is 0 Å². The molecule has 0 aromatic heterocycles. The van der Waals surface area contributed by atoms with E-state index >= 15 is 0 Å². The van der Waals surface area contributed by atoms with Crippen LogP contribution in [0, 0.1) is 11.8 Å². The zero-order chi connectivity index (χ0) is 16.2. The first-order valence-electron chi connectivity index (χ1n) is 7.02. The van der Waals surface area contributed by atoms with Crippen molar-refractivity contribution >= 4 is 21.6 Å². The molecule has 0 aliphatic heterocycles. The van der Waals surface area contributed by atoms with Gasteiger partial charge in [0.25, 0.3) is 0 Å². The summed E-state index contributed by atoms with van der Waals surface area (Å²) in [6, 6.07) is 4.65. The lowest BCUT2D eigenvalue weighted by Gasteiger charge is -2.26. The van der Waals surface area contributed by atoms with E-state index in [0.29, 0.717) is 23.9 Å². The Morgan fingerprint density at radius 2 is 1.67 bits per heavy atom. The molecule has 0 amide bonds. The maximum absolute atomic E-state index is 12.9. The van der Waals surface area contributed by atoms with Crippen molar-refractivity contribution in [2.24, 2.45) is 11.8 Å². The van der Waals surface area contributed by atoms with E-state index in [0.717, 1.165) is 0 Å². The average molecular weight is 334 g/mol. The zero-order valence-electron chi connectivity index (χ0n) is 13.3. The molecule has 0 saturated carbocycles. The molecule has 0 saturated heterocycles. The van der Waals surface area contributed by atoms with E-state index in [1.165, 1.54) is 17.5 Å². The van der Waals surface area contributed by atoms with Crippen LogP contribution in [0.15, 0.2) is 23.1 Å². The number of rotatable bonds is 7. The van der Waals surface area contributed by atoms with Crippen LogP contribution < -0.4 is 4.74 Å². The smallest absolute Gasteiger partial charge is 0.246 e. The van der Waals surface area contributed by atoms with Crippen molar-refractivity contribution in [3.63, 3.8) is 0 Å². The Hall–Kier alpha value is -0.780. The molecule has 0 unspecified atom stereocenters. The van der Waals surface area contributed by atoms with Crippen LogP contribution in [-0.2, 0) is 10.0 Å². The van der Waals surface area contributed by atoms with E-state index < -0.39 is 10.0 Å². The third kappa shape index (κ3) is 4.87. The summed E-state index contributed by atoms with van der Waals surface area (Å²) in [6.07, 6.45) is 0. The van der Waals surface area contributed by atoms with E-state index in [4.69, 9.17) is 16.3 Å². The van der Waals surface area contributed by atoms with Gasteiger partial charge in [0, 0.05) is 18.1 Å². The van der Waals surface area contributed by atoms with Crippen LogP contribution in [0.2, 0.25) is 5.02 Å². The molecule has 21 heavy (non-hydrogen) atoms. The molecule has 0 radical (unpaired) electrons. The molecule has 1 aromatic carbocycles. The molecule has 6 heteroatoms. The third-order valence-electron chi connectivity index (χ3n) is 2.88. The quantitative estimate of drug-likeness (QED) is 0.765. The van der Waals surface area contributed by atoms with E-state index in [1.54, 1.807) is 12.1 Å². The number of benzene rings is 1. The van der Waals surface area contributed by atoms with Gasteiger partial charge in [-0.1, -0.05) is 39.3 Å². The lowest BCUT2D eigenvalue weighted by atomic mass is 10.2. The summed E-state index contributed by atoms with van der Waals surface area (Å²) in [4.78, 5) is 0.124. The van der Waals surface area contributed by atoms with Crippen molar-refractivity contribution in [2.75, 3.05) is 20.2 Å². The van der Waals surface area contributed by atoms with Crippen LogP contribution in [-0.4, -0.2) is 32.9 Å². The number of sulfonamides is 1. The van der Waals surface area contributed by atoms with Crippen LogP contribution in [0.3, 0.4) is 0 Å². The number of nitrogens with zero attached hydrogens (tertiary/aromatic N) is 1. The van der Waals surface area contributed by atoms with Gasteiger partial charge in [-0.15, -0.1) is 0 Å². The summed E-state index contributed by atoms with van der Waals surface area (Å²) in [5.41, 5.74) is 0. The molecule has 0 aliphatic rings. The summed E-state index contributed by atoms with van der Waals surface area (Å²) in [5, 5.41) is 0.378. The summed E-state index contributed by atoms with van der Waals surface area (Å²) in [7, 11) is -2.18. The SMILES string of the molecule is COc1ccc(Cl)cc1S(=O)(=O)N(CC(C)C)CC(C)C. The summed E-state index contributed by atoms with van der Waals surface area (Å²) < 4.78 is 32.5. The second-order valence-corrected chi connectivity index (χ2v) is 8.25. The van der Waals surface area contributed by atoms with Gasteiger partial charge in [-0.05, 0) is 30.0 Å². The Kier molecular flexibility index (Phi) is 6.50. The van der Waals surface area contributed by atoms with Crippen molar-refractivity contribution in [1.29, 1.82) is 0 Å². The fourth-order valence-electron chi connectivity index (χ4n) is 2.08. The molecule has 0 atom stereocenters. The van der Waals surface area contributed by atoms with E-state index in [1.807, 2.05) is 27.7 Å². The van der Waals surface area contributed by atoms with Crippen molar-refractivity contribution in [1.82, 2.24) is 4.31 Å². The first kappa shape index (κ1) is 18.3. The Morgan fingerprint density at radius 1 is 1.14 bits per heavy atom. The predicted molar refractivity (Wildman–Crippen MR) is 86.4 cm³/mol. The van der Waals surface area contributed by atoms with Gasteiger partial charge in [0.05, 0.1) is 7.11 Å². The fourth-order valence-corrected chi connectivity index (χ4v) is 4.26. The Balaban J connectivity index is 3.30. The summed E-state index contributed by atoms with van der Waals surface area (Å²) in [6.45, 7) is 8.93. The number of hydrogen-bond donors (Lipinski definition) is 0. The van der Waals surface area contributed by atoms with Gasteiger partial charge < -0.3 is 4.74 Å². The van der Waals surface area contributed by atoms with E-state index in [2.05, 4.69) is 0 Å². The molecular weight excluding hydrogens is 310 g/mol. The van der Waals surface area contributed by atoms with Gasteiger partial charge in [0.2, 0.25) is 10.0 Å². The number of ether oxygens (including phenoxy) is 1. The minimum Gasteiger partial charge on any atom is -0.495 e. The number of halogens is 1. The predicted octanol–water partition coefficient (Wildman–Crippen LogP) is 3.65. The lowest BCUT2D eigenvalue weighted by Crippen LogP contribution is -2.37. The van der Waals surface area contributed by atoms with Crippen molar-refractivity contribution in [3.05, 3.63) is 23.2 Å².